The molecule has 5 heterocycles. The van der Waals surface area contributed by atoms with Gasteiger partial charge < -0.3 is 15.5 Å². The Morgan fingerprint density at radius 2 is 1.81 bits per heavy atom. The minimum atomic E-state index is 0.107. The zero-order valence-corrected chi connectivity index (χ0v) is 17.1. The van der Waals surface area contributed by atoms with Crippen LogP contribution in [0.5, 0.6) is 0 Å². The normalized spacial score (nSPS) is 14.2. The maximum absolute atomic E-state index is 11.6. The van der Waals surface area contributed by atoms with Crippen LogP contribution in [-0.4, -0.2) is 61.6 Å². The van der Waals surface area contributed by atoms with Crippen LogP contribution in [0.3, 0.4) is 0 Å². The lowest BCUT2D eigenvalue weighted by Gasteiger charge is -2.35. The molecule has 2 N–H and O–H groups in total. The molecule has 1 amide bonds. The van der Waals surface area contributed by atoms with Gasteiger partial charge in [-0.15, -0.1) is 5.10 Å². The fourth-order valence-electron chi connectivity index (χ4n) is 3.95. The topological polar surface area (TPSA) is 106 Å². The highest BCUT2D eigenvalue weighted by molar-refractivity contribution is 5.85. The van der Waals surface area contributed by atoms with Crippen molar-refractivity contribution in [3.05, 3.63) is 55.1 Å². The van der Waals surface area contributed by atoms with Gasteiger partial charge in [0.15, 0.2) is 11.5 Å². The predicted octanol–water partition coefficient (Wildman–Crippen LogP) is 2.10. The number of hydrogen-bond donors (Lipinski definition) is 1. The van der Waals surface area contributed by atoms with Crippen molar-refractivity contribution in [3.63, 3.8) is 0 Å². The summed E-state index contributed by atoms with van der Waals surface area (Å²) < 4.78 is 1.69. The number of nitrogens with two attached hydrogens (primary N) is 1. The summed E-state index contributed by atoms with van der Waals surface area (Å²) in [6.07, 6.45) is 7.24. The van der Waals surface area contributed by atoms with E-state index in [0.29, 0.717) is 24.6 Å². The van der Waals surface area contributed by atoms with Gasteiger partial charge in [-0.2, -0.15) is 0 Å². The second kappa shape index (κ2) is 7.67. The minimum absolute atomic E-state index is 0.107. The van der Waals surface area contributed by atoms with Crippen molar-refractivity contribution in [2.24, 2.45) is 0 Å². The summed E-state index contributed by atoms with van der Waals surface area (Å²) in [6, 6.07) is 9.59. The van der Waals surface area contributed by atoms with Crippen molar-refractivity contribution in [3.8, 4) is 22.4 Å². The van der Waals surface area contributed by atoms with Crippen LogP contribution in [0, 0.1) is 0 Å². The number of piperazine rings is 1. The van der Waals surface area contributed by atoms with E-state index in [1.54, 1.807) is 23.8 Å². The molecule has 156 valence electrons. The summed E-state index contributed by atoms with van der Waals surface area (Å²) in [5.74, 6) is 1.36. The SMILES string of the molecule is CC(=O)N1CCN(c2ncccc2-c2cnc3c(-c4ccccn4)c(N)nn3c2)CC1. The van der Waals surface area contributed by atoms with E-state index in [9.17, 15) is 4.79 Å². The molecule has 1 fully saturated rings. The van der Waals surface area contributed by atoms with Crippen molar-refractivity contribution in [1.29, 1.82) is 0 Å². The predicted molar refractivity (Wildman–Crippen MR) is 118 cm³/mol. The van der Waals surface area contributed by atoms with E-state index < -0.39 is 0 Å². The van der Waals surface area contributed by atoms with Gasteiger partial charge in [0, 0.05) is 69.0 Å². The van der Waals surface area contributed by atoms with Crippen LogP contribution in [-0.2, 0) is 4.79 Å². The molecule has 4 aromatic heterocycles. The second-order valence-electron chi connectivity index (χ2n) is 7.45. The fourth-order valence-corrected chi connectivity index (χ4v) is 3.95. The Kier molecular flexibility index (Phi) is 4.70. The van der Waals surface area contributed by atoms with Crippen LogP contribution in [0.15, 0.2) is 55.1 Å². The molecule has 5 rings (SSSR count). The first-order valence-corrected chi connectivity index (χ1v) is 10.1. The van der Waals surface area contributed by atoms with Gasteiger partial charge in [-0.25, -0.2) is 14.5 Å². The first-order valence-electron chi connectivity index (χ1n) is 10.1. The molecule has 31 heavy (non-hydrogen) atoms. The zero-order valence-electron chi connectivity index (χ0n) is 17.1. The maximum Gasteiger partial charge on any atom is 0.219 e. The first kappa shape index (κ1) is 19.0. The van der Waals surface area contributed by atoms with Gasteiger partial charge in [-0.1, -0.05) is 6.07 Å². The van der Waals surface area contributed by atoms with Crippen LogP contribution in [0.1, 0.15) is 6.92 Å². The Morgan fingerprint density at radius 3 is 2.55 bits per heavy atom. The molecule has 0 spiro atoms. The van der Waals surface area contributed by atoms with Crippen LogP contribution in [0.2, 0.25) is 0 Å². The lowest BCUT2D eigenvalue weighted by atomic mass is 10.1. The molecule has 0 aliphatic carbocycles. The van der Waals surface area contributed by atoms with Crippen molar-refractivity contribution in [2.75, 3.05) is 36.8 Å². The maximum atomic E-state index is 11.6. The van der Waals surface area contributed by atoms with Gasteiger partial charge in [0.05, 0.1) is 11.3 Å². The smallest absolute Gasteiger partial charge is 0.219 e. The summed E-state index contributed by atoms with van der Waals surface area (Å²) >= 11 is 0. The average molecular weight is 414 g/mol. The molecule has 0 saturated carbocycles. The molecule has 9 heteroatoms. The minimum Gasteiger partial charge on any atom is -0.382 e. The van der Waals surface area contributed by atoms with Crippen LogP contribution in [0.25, 0.3) is 28.0 Å². The third kappa shape index (κ3) is 3.43. The quantitative estimate of drug-likeness (QED) is 0.547. The van der Waals surface area contributed by atoms with Crippen LogP contribution in [0.4, 0.5) is 11.6 Å². The standard InChI is InChI=1S/C22H22N8O/c1-15(31)28-9-11-29(12-10-28)21-17(5-4-8-25-21)16-13-26-22-19(18-6-2-3-7-24-18)20(23)27-30(22)14-16/h2-8,13-14H,9-12H2,1H3,(H2,23,27). The number of nitrogen functional groups attached to an aromatic ring is 1. The molecule has 0 atom stereocenters. The lowest BCUT2D eigenvalue weighted by molar-refractivity contribution is -0.129. The van der Waals surface area contributed by atoms with E-state index in [2.05, 4.69) is 25.0 Å². The van der Waals surface area contributed by atoms with Gasteiger partial charge in [0.1, 0.15) is 5.82 Å². The highest BCUT2D eigenvalue weighted by atomic mass is 16.2. The van der Waals surface area contributed by atoms with Crippen LogP contribution < -0.4 is 10.6 Å². The number of hydrogen-bond acceptors (Lipinski definition) is 7. The second-order valence-corrected chi connectivity index (χ2v) is 7.45. The van der Waals surface area contributed by atoms with Crippen molar-refractivity contribution in [2.45, 2.75) is 6.92 Å². The molecular formula is C22H22N8O. The van der Waals surface area contributed by atoms with E-state index in [0.717, 1.165) is 41.3 Å². The van der Waals surface area contributed by atoms with E-state index in [1.165, 1.54) is 0 Å². The van der Waals surface area contributed by atoms with E-state index >= 15 is 0 Å². The number of amides is 1. The number of rotatable bonds is 3. The van der Waals surface area contributed by atoms with Crippen molar-refractivity contribution < 1.29 is 4.79 Å². The third-order valence-electron chi connectivity index (χ3n) is 5.54. The molecule has 9 nitrogen and oxygen atoms in total. The number of pyridine rings is 2. The molecule has 4 aromatic rings. The lowest BCUT2D eigenvalue weighted by Crippen LogP contribution is -2.48. The third-order valence-corrected chi connectivity index (χ3v) is 5.54. The number of carbonyl (C=O) groups is 1. The molecule has 1 aliphatic rings. The van der Waals surface area contributed by atoms with Crippen LogP contribution >= 0.6 is 0 Å². The highest BCUT2D eigenvalue weighted by Gasteiger charge is 2.22. The number of nitrogens with zero attached hydrogens (tertiary/aromatic N) is 7. The molecule has 0 bridgehead atoms. The van der Waals surface area contributed by atoms with Gasteiger partial charge in [-0.05, 0) is 24.3 Å². The Morgan fingerprint density at radius 1 is 1.00 bits per heavy atom. The van der Waals surface area contributed by atoms with E-state index in [1.807, 2.05) is 47.6 Å². The molecule has 0 aromatic carbocycles. The Hall–Kier alpha value is -4.01. The molecule has 1 saturated heterocycles. The number of anilines is 2. The number of carbonyl (C=O) groups excluding carboxylic acids is 1. The summed E-state index contributed by atoms with van der Waals surface area (Å²) in [7, 11) is 0. The number of fused-ring (bicyclic) bond motifs is 1. The largest absolute Gasteiger partial charge is 0.382 e. The van der Waals surface area contributed by atoms with E-state index in [-0.39, 0.29) is 5.91 Å². The Balaban J connectivity index is 1.52. The summed E-state index contributed by atoms with van der Waals surface area (Å²) in [4.78, 5) is 29.4. The van der Waals surface area contributed by atoms with Gasteiger partial charge in [-0.3, -0.25) is 9.78 Å². The Bertz CT molecular complexity index is 1250. The van der Waals surface area contributed by atoms with Crippen molar-refractivity contribution >= 4 is 23.2 Å². The summed E-state index contributed by atoms with van der Waals surface area (Å²) in [5.41, 5.74) is 10.2. The zero-order chi connectivity index (χ0) is 21.4. The number of aromatic nitrogens is 5. The van der Waals surface area contributed by atoms with E-state index in [4.69, 9.17) is 5.73 Å². The summed E-state index contributed by atoms with van der Waals surface area (Å²) in [6.45, 7) is 4.45. The molecule has 0 unspecified atom stereocenters. The molecule has 0 radical (unpaired) electrons. The summed E-state index contributed by atoms with van der Waals surface area (Å²) in [5, 5.41) is 4.46. The fraction of sp³-hybridized carbons (Fsp3) is 0.227. The van der Waals surface area contributed by atoms with Gasteiger partial charge >= 0.3 is 0 Å². The molecule has 1 aliphatic heterocycles. The Labute approximate surface area is 179 Å². The molecular weight excluding hydrogens is 392 g/mol. The van der Waals surface area contributed by atoms with Gasteiger partial charge in [0.2, 0.25) is 5.91 Å². The average Bonchev–Trinajstić information content (AvgIpc) is 3.14. The van der Waals surface area contributed by atoms with Gasteiger partial charge in [0.25, 0.3) is 0 Å². The first-order chi connectivity index (χ1) is 15.1. The van der Waals surface area contributed by atoms with Crippen molar-refractivity contribution in [1.82, 2.24) is 29.5 Å². The monoisotopic (exact) mass is 414 g/mol. The highest BCUT2D eigenvalue weighted by Crippen LogP contribution is 2.32.